The minimum Gasteiger partial charge on any atom is -0.423 e. The number of aromatic nitrogens is 2. The monoisotopic (exact) mass is 299 g/mol. The third-order valence-electron chi connectivity index (χ3n) is 2.88. The van der Waals surface area contributed by atoms with E-state index >= 15 is 0 Å². The minimum absolute atomic E-state index is 0.0926. The lowest BCUT2D eigenvalue weighted by atomic mass is 10.1. The predicted octanol–water partition coefficient (Wildman–Crippen LogP) is 3.64. The van der Waals surface area contributed by atoms with Crippen molar-refractivity contribution in [1.82, 2.24) is 15.5 Å². The molecule has 1 aromatic carbocycles. The van der Waals surface area contributed by atoms with E-state index in [2.05, 4.69) is 22.4 Å². The highest BCUT2D eigenvalue weighted by Gasteiger charge is 2.15. The minimum atomic E-state index is 0.0926. The lowest BCUT2D eigenvalue weighted by Gasteiger charge is -2.07. The first-order valence-corrected chi connectivity index (χ1v) is 6.83. The molecule has 0 bridgehead atoms. The Morgan fingerprint density at radius 2 is 2.05 bits per heavy atom. The number of benzene rings is 1. The van der Waals surface area contributed by atoms with Crippen LogP contribution < -0.4 is 5.32 Å². The molecular formula is C13H15Cl2N3O. The van der Waals surface area contributed by atoms with Crippen LogP contribution in [0.25, 0.3) is 0 Å². The Kier molecular flexibility index (Phi) is 4.80. The first-order valence-electron chi connectivity index (χ1n) is 6.07. The maximum atomic E-state index is 5.97. The third kappa shape index (κ3) is 3.47. The average Bonchev–Trinajstić information content (AvgIpc) is 2.84. The van der Waals surface area contributed by atoms with Gasteiger partial charge in [-0.1, -0.05) is 36.2 Å². The fraction of sp³-hybridized carbons (Fsp3) is 0.385. The number of hydrogen-bond acceptors (Lipinski definition) is 4. The van der Waals surface area contributed by atoms with Gasteiger partial charge in [-0.05, 0) is 31.2 Å². The van der Waals surface area contributed by atoms with E-state index in [1.807, 2.05) is 19.2 Å². The molecule has 19 heavy (non-hydrogen) atoms. The molecule has 2 rings (SSSR count). The van der Waals surface area contributed by atoms with Gasteiger partial charge in [-0.2, -0.15) is 0 Å². The summed E-state index contributed by atoms with van der Waals surface area (Å²) in [6, 6.07) is 5.56. The smallest absolute Gasteiger partial charge is 0.233 e. The van der Waals surface area contributed by atoms with E-state index in [4.69, 9.17) is 27.6 Å². The summed E-state index contributed by atoms with van der Waals surface area (Å²) < 4.78 is 5.64. The topological polar surface area (TPSA) is 51.0 Å². The molecular weight excluding hydrogens is 285 g/mol. The van der Waals surface area contributed by atoms with E-state index in [0.717, 1.165) is 12.0 Å². The normalized spacial score (nSPS) is 12.6. The summed E-state index contributed by atoms with van der Waals surface area (Å²) >= 11 is 11.8. The van der Waals surface area contributed by atoms with E-state index in [1.165, 1.54) is 0 Å². The molecule has 0 amide bonds. The van der Waals surface area contributed by atoms with Gasteiger partial charge < -0.3 is 9.73 Å². The lowest BCUT2D eigenvalue weighted by Crippen LogP contribution is -2.15. The second kappa shape index (κ2) is 6.37. The second-order valence-electron chi connectivity index (χ2n) is 4.21. The Balaban J connectivity index is 2.13. The van der Waals surface area contributed by atoms with Gasteiger partial charge in [-0.15, -0.1) is 10.2 Å². The number of hydrogen-bond donors (Lipinski definition) is 1. The summed E-state index contributed by atoms with van der Waals surface area (Å²) in [6.07, 6.45) is 1.44. The van der Waals surface area contributed by atoms with Crippen molar-refractivity contribution in [2.24, 2.45) is 0 Å². The van der Waals surface area contributed by atoms with Crippen LogP contribution in [0.5, 0.6) is 0 Å². The molecule has 1 aromatic heterocycles. The quantitative estimate of drug-likeness (QED) is 0.916. The van der Waals surface area contributed by atoms with E-state index in [0.29, 0.717) is 28.2 Å². The summed E-state index contributed by atoms with van der Waals surface area (Å²) in [7, 11) is 1.87. The number of rotatable bonds is 5. The van der Waals surface area contributed by atoms with E-state index < -0.39 is 0 Å². The van der Waals surface area contributed by atoms with Gasteiger partial charge in [0.05, 0.1) is 22.5 Å². The average molecular weight is 300 g/mol. The highest BCUT2D eigenvalue weighted by atomic mass is 35.5. The SMILES string of the molecule is CCC(NC)c1nnc(Cc2ccc(Cl)c(Cl)c2)o1. The summed E-state index contributed by atoms with van der Waals surface area (Å²) in [5.41, 5.74) is 0.988. The summed E-state index contributed by atoms with van der Waals surface area (Å²) in [5, 5.41) is 12.3. The second-order valence-corrected chi connectivity index (χ2v) is 5.02. The molecule has 2 aromatic rings. The van der Waals surface area contributed by atoms with Gasteiger partial charge in [-0.25, -0.2) is 0 Å². The first kappa shape index (κ1) is 14.3. The van der Waals surface area contributed by atoms with Gasteiger partial charge in [0.2, 0.25) is 11.8 Å². The van der Waals surface area contributed by atoms with Crippen LogP contribution in [0, 0.1) is 0 Å². The molecule has 1 atom stereocenters. The van der Waals surface area contributed by atoms with Gasteiger partial charge in [0.25, 0.3) is 0 Å². The number of nitrogens with one attached hydrogen (secondary N) is 1. The Hall–Kier alpha value is -1.10. The Morgan fingerprint density at radius 3 is 2.68 bits per heavy atom. The summed E-state index contributed by atoms with van der Waals surface area (Å²) in [4.78, 5) is 0. The van der Waals surface area contributed by atoms with E-state index in [9.17, 15) is 0 Å². The van der Waals surface area contributed by atoms with Crippen LogP contribution in [0.1, 0.15) is 36.7 Å². The van der Waals surface area contributed by atoms with Gasteiger partial charge in [0.1, 0.15) is 0 Å². The zero-order valence-electron chi connectivity index (χ0n) is 10.8. The van der Waals surface area contributed by atoms with Crippen LogP contribution in [-0.2, 0) is 6.42 Å². The van der Waals surface area contributed by atoms with Gasteiger partial charge >= 0.3 is 0 Å². The van der Waals surface area contributed by atoms with Crippen molar-refractivity contribution < 1.29 is 4.42 Å². The zero-order valence-corrected chi connectivity index (χ0v) is 12.3. The van der Waals surface area contributed by atoms with Gasteiger partial charge in [0.15, 0.2) is 0 Å². The van der Waals surface area contributed by atoms with Gasteiger partial charge in [0, 0.05) is 0 Å². The van der Waals surface area contributed by atoms with Crippen LogP contribution in [0.4, 0.5) is 0 Å². The van der Waals surface area contributed by atoms with Crippen molar-refractivity contribution >= 4 is 23.2 Å². The van der Waals surface area contributed by atoms with Crippen LogP contribution in [0.15, 0.2) is 22.6 Å². The fourth-order valence-electron chi connectivity index (χ4n) is 1.81. The highest BCUT2D eigenvalue weighted by Crippen LogP contribution is 2.24. The van der Waals surface area contributed by atoms with Crippen molar-refractivity contribution in [2.75, 3.05) is 7.05 Å². The van der Waals surface area contributed by atoms with Crippen LogP contribution in [0.2, 0.25) is 10.0 Å². The van der Waals surface area contributed by atoms with Crippen molar-refractivity contribution in [3.05, 3.63) is 45.6 Å². The molecule has 4 nitrogen and oxygen atoms in total. The largest absolute Gasteiger partial charge is 0.423 e. The van der Waals surface area contributed by atoms with Crippen LogP contribution >= 0.6 is 23.2 Å². The molecule has 102 valence electrons. The highest BCUT2D eigenvalue weighted by molar-refractivity contribution is 6.42. The Morgan fingerprint density at radius 1 is 1.26 bits per heavy atom. The van der Waals surface area contributed by atoms with Gasteiger partial charge in [-0.3, -0.25) is 0 Å². The lowest BCUT2D eigenvalue weighted by molar-refractivity contribution is 0.390. The molecule has 0 saturated heterocycles. The van der Waals surface area contributed by atoms with Crippen molar-refractivity contribution in [2.45, 2.75) is 25.8 Å². The molecule has 0 spiro atoms. The Bertz CT molecular complexity index is 553. The van der Waals surface area contributed by atoms with Crippen molar-refractivity contribution in [1.29, 1.82) is 0 Å². The summed E-state index contributed by atoms with van der Waals surface area (Å²) in [6.45, 7) is 2.06. The standard InChI is InChI=1S/C13H15Cl2N3O/c1-3-11(16-2)13-18-17-12(19-13)7-8-4-5-9(14)10(15)6-8/h4-6,11,16H,3,7H2,1-2H3. The molecule has 0 radical (unpaired) electrons. The molecule has 0 fully saturated rings. The Labute approximate surface area is 122 Å². The van der Waals surface area contributed by atoms with Crippen LogP contribution in [0.3, 0.4) is 0 Å². The van der Waals surface area contributed by atoms with E-state index in [-0.39, 0.29) is 6.04 Å². The van der Waals surface area contributed by atoms with Crippen molar-refractivity contribution in [3.8, 4) is 0 Å². The molecule has 0 saturated carbocycles. The molecule has 0 aliphatic carbocycles. The molecule has 0 aliphatic heterocycles. The predicted molar refractivity (Wildman–Crippen MR) is 75.7 cm³/mol. The van der Waals surface area contributed by atoms with Crippen molar-refractivity contribution in [3.63, 3.8) is 0 Å². The number of nitrogens with zero attached hydrogens (tertiary/aromatic N) is 2. The molecule has 1 N–H and O–H groups in total. The fourth-order valence-corrected chi connectivity index (χ4v) is 2.13. The maximum Gasteiger partial charge on any atom is 0.233 e. The molecule has 1 unspecified atom stereocenters. The zero-order chi connectivity index (χ0) is 13.8. The van der Waals surface area contributed by atoms with Crippen LogP contribution in [-0.4, -0.2) is 17.2 Å². The number of halogens is 2. The molecule has 6 heteroatoms. The molecule has 1 heterocycles. The first-order chi connectivity index (χ1) is 9.13. The van der Waals surface area contributed by atoms with E-state index in [1.54, 1.807) is 6.07 Å². The third-order valence-corrected chi connectivity index (χ3v) is 3.62. The summed E-state index contributed by atoms with van der Waals surface area (Å²) in [5.74, 6) is 1.18. The molecule has 0 aliphatic rings. The maximum absolute atomic E-state index is 5.97.